The molecular weight excluding hydrogens is 216 g/mol. The fraction of sp³-hybridized carbons (Fsp3) is 0.875. The Morgan fingerprint density at radius 2 is 0.882 bits per heavy atom. The Morgan fingerprint density at radius 3 is 1.00 bits per heavy atom. The third kappa shape index (κ3) is 10.4. The molecule has 0 spiro atoms. The first-order valence-corrected chi connectivity index (χ1v) is 6.86. The number of hydrogen-bond acceptors (Lipinski definition) is 0. The monoisotopic (exact) mass is 250 g/mol. The van der Waals surface area contributed by atoms with Gasteiger partial charge in [-0.1, -0.05) is 78.1 Å². The summed E-state index contributed by atoms with van der Waals surface area (Å²) in [4.78, 5) is 0. The zero-order chi connectivity index (χ0) is 10.2. The zero-order valence-electron chi connectivity index (χ0n) is 12.9. The quantitative estimate of drug-likeness (QED) is 0.436. The van der Waals surface area contributed by atoms with Crippen LogP contribution in [0.4, 0.5) is 0 Å². The fourth-order valence-electron chi connectivity index (χ4n) is 2.84. The van der Waals surface area contributed by atoms with Gasteiger partial charge < -0.3 is 14.9 Å². The zero-order valence-corrected chi connectivity index (χ0v) is 14.3. The van der Waals surface area contributed by atoms with E-state index in [-0.39, 0.29) is 37.9 Å². The van der Waals surface area contributed by atoms with Gasteiger partial charge in [-0.3, -0.25) is 0 Å². The molecule has 0 aromatic heterocycles. The van der Waals surface area contributed by atoms with E-state index in [4.69, 9.17) is 0 Å². The molecule has 2 aliphatic rings. The van der Waals surface area contributed by atoms with E-state index in [2.05, 4.69) is 13.8 Å². The normalized spacial score (nSPS) is 19.4. The third-order valence-corrected chi connectivity index (χ3v) is 4.10. The van der Waals surface area contributed by atoms with Crippen LogP contribution in [0.1, 0.15) is 78.1 Å². The molecule has 0 unspecified atom stereocenters. The van der Waals surface area contributed by atoms with Gasteiger partial charge in [0, 0.05) is 0 Å². The van der Waals surface area contributed by atoms with Gasteiger partial charge in [-0.05, 0) is 11.8 Å². The van der Waals surface area contributed by atoms with E-state index in [0.29, 0.717) is 0 Å². The average molecular weight is 251 g/mol. The molecule has 2 rings (SSSR count). The van der Waals surface area contributed by atoms with Gasteiger partial charge in [0.25, 0.3) is 0 Å². The summed E-state index contributed by atoms with van der Waals surface area (Å²) in [5.74, 6) is 2.19. The first kappa shape index (κ1) is 22.9. The fourth-order valence-corrected chi connectivity index (χ4v) is 2.84. The topological polar surface area (TPSA) is 0 Å². The van der Waals surface area contributed by atoms with Crippen molar-refractivity contribution in [3.63, 3.8) is 0 Å². The van der Waals surface area contributed by atoms with E-state index in [1.54, 1.807) is 0 Å². The van der Waals surface area contributed by atoms with Crippen molar-refractivity contribution in [2.75, 3.05) is 0 Å². The molecule has 0 aromatic rings. The van der Waals surface area contributed by atoms with Crippen LogP contribution >= 0.6 is 0 Å². The van der Waals surface area contributed by atoms with Crippen LogP contribution < -0.4 is 0 Å². The molecular formula is C16H34Mg. The van der Waals surface area contributed by atoms with Crippen molar-refractivity contribution >= 4 is 23.1 Å². The van der Waals surface area contributed by atoms with Crippen LogP contribution in [0.5, 0.6) is 0 Å². The number of hydrogen-bond donors (Lipinski definition) is 0. The Hall–Kier alpha value is 0.766. The molecule has 0 atom stereocenters. The van der Waals surface area contributed by atoms with Crippen molar-refractivity contribution in [1.29, 1.82) is 0 Å². The van der Waals surface area contributed by atoms with Crippen molar-refractivity contribution in [1.82, 2.24) is 0 Å². The maximum absolute atomic E-state index is 2.30. The average Bonchev–Trinajstić information content (AvgIpc) is 2.92. The molecule has 0 saturated heterocycles. The minimum absolute atomic E-state index is 0. The standard InChI is InChI=1S/2C7H14.2CH3.Mg/c2*1-2-7-5-3-4-6-7;;;/h2*7H,2-6H2,1H3;2*1H3;/q;;2*-1;+2. The van der Waals surface area contributed by atoms with Gasteiger partial charge in [-0.2, -0.15) is 0 Å². The van der Waals surface area contributed by atoms with Crippen molar-refractivity contribution in [2.45, 2.75) is 78.1 Å². The van der Waals surface area contributed by atoms with Gasteiger partial charge in [0.05, 0.1) is 0 Å². The van der Waals surface area contributed by atoms with Gasteiger partial charge in [-0.25, -0.2) is 0 Å². The molecule has 2 fully saturated rings. The Morgan fingerprint density at radius 1 is 0.647 bits per heavy atom. The maximum atomic E-state index is 2.30. The molecule has 0 bridgehead atoms. The summed E-state index contributed by atoms with van der Waals surface area (Å²) in [6.07, 6.45) is 14.9. The van der Waals surface area contributed by atoms with E-state index < -0.39 is 0 Å². The Kier molecular flexibility index (Phi) is 20.0. The molecule has 0 aliphatic heterocycles. The second-order valence-electron chi connectivity index (χ2n) is 5.12. The van der Waals surface area contributed by atoms with Gasteiger partial charge in [0.2, 0.25) is 0 Å². The van der Waals surface area contributed by atoms with Crippen LogP contribution in [0.15, 0.2) is 0 Å². The molecule has 100 valence electrons. The van der Waals surface area contributed by atoms with Crippen molar-refractivity contribution in [3.8, 4) is 0 Å². The molecule has 0 amide bonds. The molecule has 2 saturated carbocycles. The summed E-state index contributed by atoms with van der Waals surface area (Å²) in [6.45, 7) is 4.60. The predicted molar refractivity (Wildman–Crippen MR) is 83.1 cm³/mol. The first-order chi connectivity index (χ1) is 6.86. The molecule has 0 heterocycles. The minimum Gasteiger partial charge on any atom is -0.358 e. The van der Waals surface area contributed by atoms with E-state index in [1.807, 2.05) is 0 Å². The van der Waals surface area contributed by atoms with E-state index in [9.17, 15) is 0 Å². The Labute approximate surface area is 127 Å². The number of rotatable bonds is 2. The van der Waals surface area contributed by atoms with E-state index in [1.165, 1.54) is 64.2 Å². The Balaban J connectivity index is -0.000000196. The van der Waals surface area contributed by atoms with Crippen LogP contribution in [0.2, 0.25) is 0 Å². The summed E-state index contributed by atoms with van der Waals surface area (Å²) in [5.41, 5.74) is 0. The first-order valence-electron chi connectivity index (χ1n) is 6.86. The largest absolute Gasteiger partial charge is 2.00 e. The smallest absolute Gasteiger partial charge is 0.358 e. The van der Waals surface area contributed by atoms with E-state index >= 15 is 0 Å². The molecule has 1 heteroatoms. The van der Waals surface area contributed by atoms with Crippen LogP contribution in [0, 0.1) is 26.7 Å². The molecule has 0 aromatic carbocycles. The van der Waals surface area contributed by atoms with Crippen LogP contribution in [-0.2, 0) is 0 Å². The summed E-state index contributed by atoms with van der Waals surface area (Å²) in [7, 11) is 0. The van der Waals surface area contributed by atoms with Crippen molar-refractivity contribution in [2.24, 2.45) is 11.8 Å². The summed E-state index contributed by atoms with van der Waals surface area (Å²) in [6, 6.07) is 0. The van der Waals surface area contributed by atoms with Gasteiger partial charge in [0.15, 0.2) is 0 Å². The maximum Gasteiger partial charge on any atom is 2.00 e. The summed E-state index contributed by atoms with van der Waals surface area (Å²) >= 11 is 0. The summed E-state index contributed by atoms with van der Waals surface area (Å²) < 4.78 is 0. The van der Waals surface area contributed by atoms with Gasteiger partial charge in [0.1, 0.15) is 0 Å². The Bertz CT molecular complexity index is 105. The van der Waals surface area contributed by atoms with Crippen molar-refractivity contribution in [3.05, 3.63) is 14.9 Å². The molecule has 0 radical (unpaired) electrons. The molecule has 17 heavy (non-hydrogen) atoms. The molecule has 2 aliphatic carbocycles. The second kappa shape index (κ2) is 14.8. The molecule has 0 nitrogen and oxygen atoms in total. The third-order valence-electron chi connectivity index (χ3n) is 4.10. The summed E-state index contributed by atoms with van der Waals surface area (Å²) in [5, 5.41) is 0. The van der Waals surface area contributed by atoms with Crippen LogP contribution in [0.3, 0.4) is 0 Å². The SMILES string of the molecule is CCC1CCCC1.CCC1CCCC1.[CH3-].[CH3-].[Mg+2]. The van der Waals surface area contributed by atoms with Gasteiger partial charge >= 0.3 is 23.1 Å². The van der Waals surface area contributed by atoms with E-state index in [0.717, 1.165) is 11.8 Å². The molecule has 0 N–H and O–H groups in total. The second-order valence-corrected chi connectivity index (χ2v) is 5.12. The predicted octanol–water partition coefficient (Wildman–Crippen LogP) is 5.69. The van der Waals surface area contributed by atoms with Gasteiger partial charge in [-0.15, -0.1) is 0 Å². The van der Waals surface area contributed by atoms with Crippen LogP contribution in [0.25, 0.3) is 0 Å². The van der Waals surface area contributed by atoms with Crippen LogP contribution in [-0.4, -0.2) is 23.1 Å². The minimum atomic E-state index is 0. The van der Waals surface area contributed by atoms with Crippen molar-refractivity contribution < 1.29 is 0 Å².